The summed E-state index contributed by atoms with van der Waals surface area (Å²) in [6, 6.07) is 10.2. The molecule has 2 rings (SSSR count). The maximum absolute atomic E-state index is 11.3. The van der Waals surface area contributed by atoms with E-state index >= 15 is 0 Å². The molecular weight excluding hydrogens is 212 g/mol. The Morgan fingerprint density at radius 2 is 2.00 bits per heavy atom. The Morgan fingerprint density at radius 1 is 1.29 bits per heavy atom. The first kappa shape index (κ1) is 9.87. The van der Waals surface area contributed by atoms with Crippen LogP contribution in [0.5, 0.6) is 0 Å². The number of allylic oxidation sites excluding steroid dienone is 1. The zero-order valence-electron chi connectivity index (χ0n) is 7.77. The van der Waals surface area contributed by atoms with Gasteiger partial charge in [-0.2, -0.15) is 0 Å². The lowest BCUT2D eigenvalue weighted by molar-refractivity contribution is 0.277. The maximum atomic E-state index is 11.3. The van der Waals surface area contributed by atoms with Gasteiger partial charge in [-0.15, -0.1) is 0 Å². The van der Waals surface area contributed by atoms with E-state index in [4.69, 9.17) is 0 Å². The summed E-state index contributed by atoms with van der Waals surface area (Å²) in [7, 11) is 0. The molecule has 0 radical (unpaired) electrons. The second-order valence-corrected chi connectivity index (χ2v) is 5.33. The fraction of sp³-hybridized carbons (Fsp3) is 0.182. The van der Waals surface area contributed by atoms with Crippen molar-refractivity contribution >= 4 is 28.0 Å². The van der Waals surface area contributed by atoms with E-state index in [-0.39, 0.29) is 9.70 Å². The summed E-state index contributed by atoms with van der Waals surface area (Å²) in [5.41, 5.74) is 1.21. The molecule has 1 saturated heterocycles. The molecule has 1 aliphatic rings. The molecule has 0 spiro atoms. The smallest absolute Gasteiger partial charge is 0.251 e. The summed E-state index contributed by atoms with van der Waals surface area (Å²) < 4.78 is 0.201. The van der Waals surface area contributed by atoms with Gasteiger partial charge in [0.05, 0.1) is 5.25 Å². The van der Waals surface area contributed by atoms with Crippen LogP contribution >= 0.6 is 23.5 Å². The quantitative estimate of drug-likeness (QED) is 0.707. The lowest BCUT2D eigenvalue weighted by Gasteiger charge is -2.08. The highest BCUT2D eigenvalue weighted by molar-refractivity contribution is 8.43. The first-order valence-corrected chi connectivity index (χ1v) is 6.10. The molecule has 0 bridgehead atoms. The highest BCUT2D eigenvalue weighted by atomic mass is 32.2. The average molecular weight is 222 g/mol. The molecule has 0 amide bonds. The van der Waals surface area contributed by atoms with Crippen molar-refractivity contribution in [1.29, 1.82) is 0 Å². The molecule has 0 saturated carbocycles. The van der Waals surface area contributed by atoms with Crippen molar-refractivity contribution < 1.29 is 4.79 Å². The van der Waals surface area contributed by atoms with Crippen molar-refractivity contribution in [2.45, 2.75) is 12.2 Å². The summed E-state index contributed by atoms with van der Waals surface area (Å²) in [5.74, 6) is 0. The molecule has 1 aromatic rings. The molecule has 72 valence electrons. The zero-order chi connectivity index (χ0) is 9.97. The Bertz CT molecular complexity index is 370. The standard InChI is InChI=1S/C11H10OS2/c1-2-9-10(14-11(12)13-9)8-6-4-3-5-7-8/h2-7,10H,1H3/b9-2-. The SMILES string of the molecule is C/C=C1\SC(=O)SC1c1ccccc1. The van der Waals surface area contributed by atoms with Crippen molar-refractivity contribution in [3.63, 3.8) is 0 Å². The van der Waals surface area contributed by atoms with Crippen LogP contribution < -0.4 is 0 Å². The van der Waals surface area contributed by atoms with E-state index in [1.807, 2.05) is 31.2 Å². The molecule has 0 aliphatic carbocycles. The molecule has 14 heavy (non-hydrogen) atoms. The van der Waals surface area contributed by atoms with E-state index in [1.54, 1.807) is 0 Å². The number of rotatable bonds is 1. The molecule has 3 heteroatoms. The van der Waals surface area contributed by atoms with E-state index in [9.17, 15) is 4.79 Å². The van der Waals surface area contributed by atoms with E-state index in [0.717, 1.165) is 4.91 Å². The Hall–Kier alpha value is -0.670. The lowest BCUT2D eigenvalue weighted by atomic mass is 10.1. The Morgan fingerprint density at radius 3 is 2.64 bits per heavy atom. The summed E-state index contributed by atoms with van der Waals surface area (Å²) in [6.45, 7) is 1.98. The predicted octanol–water partition coefficient (Wildman–Crippen LogP) is 4.23. The molecule has 0 aromatic heterocycles. The lowest BCUT2D eigenvalue weighted by Crippen LogP contribution is -1.89. The second kappa shape index (κ2) is 4.24. The summed E-state index contributed by atoms with van der Waals surface area (Å²) in [4.78, 5) is 12.4. The Balaban J connectivity index is 2.31. The summed E-state index contributed by atoms with van der Waals surface area (Å²) in [5, 5.41) is 0.221. The first-order valence-electron chi connectivity index (χ1n) is 4.41. The van der Waals surface area contributed by atoms with Crippen LogP contribution in [0.4, 0.5) is 4.79 Å². The predicted molar refractivity (Wildman–Crippen MR) is 63.5 cm³/mol. The minimum Gasteiger partial charge on any atom is -0.274 e. The number of thioether (sulfide) groups is 2. The summed E-state index contributed by atoms with van der Waals surface area (Å²) >= 11 is 2.76. The Labute approximate surface area is 92.0 Å². The number of carbonyl (C=O) groups excluding carboxylic acids is 1. The maximum Gasteiger partial charge on any atom is 0.251 e. The monoisotopic (exact) mass is 222 g/mol. The third-order valence-corrected chi connectivity index (χ3v) is 4.58. The summed E-state index contributed by atoms with van der Waals surface area (Å²) in [6.07, 6.45) is 2.03. The zero-order valence-corrected chi connectivity index (χ0v) is 9.40. The van der Waals surface area contributed by atoms with Gasteiger partial charge in [-0.1, -0.05) is 48.2 Å². The normalized spacial score (nSPS) is 24.5. The van der Waals surface area contributed by atoms with Crippen molar-refractivity contribution in [2.24, 2.45) is 0 Å². The minimum absolute atomic E-state index is 0.201. The molecular formula is C11H10OS2. The number of hydrogen-bond donors (Lipinski definition) is 0. The molecule has 1 aromatic carbocycles. The number of carbonyl (C=O) groups is 1. The van der Waals surface area contributed by atoms with Gasteiger partial charge in [0, 0.05) is 4.91 Å². The molecule has 1 fully saturated rings. The second-order valence-electron chi connectivity index (χ2n) is 2.95. The van der Waals surface area contributed by atoms with E-state index < -0.39 is 0 Å². The Kier molecular flexibility index (Phi) is 2.99. The van der Waals surface area contributed by atoms with Crippen LogP contribution in [0.2, 0.25) is 0 Å². The van der Waals surface area contributed by atoms with Gasteiger partial charge >= 0.3 is 0 Å². The number of hydrogen-bond acceptors (Lipinski definition) is 3. The molecule has 1 nitrogen and oxygen atoms in total. The van der Waals surface area contributed by atoms with Gasteiger partial charge in [0.25, 0.3) is 4.45 Å². The first-order chi connectivity index (χ1) is 6.81. The molecule has 1 atom stereocenters. The largest absolute Gasteiger partial charge is 0.274 e. The van der Waals surface area contributed by atoms with Crippen LogP contribution in [0.25, 0.3) is 0 Å². The van der Waals surface area contributed by atoms with Gasteiger partial charge < -0.3 is 0 Å². The van der Waals surface area contributed by atoms with Gasteiger partial charge in [0.15, 0.2) is 0 Å². The van der Waals surface area contributed by atoms with E-state index in [0.29, 0.717) is 0 Å². The van der Waals surface area contributed by atoms with E-state index in [2.05, 4.69) is 12.1 Å². The molecule has 1 heterocycles. The van der Waals surface area contributed by atoms with Crippen LogP contribution in [0.15, 0.2) is 41.3 Å². The van der Waals surface area contributed by atoms with Crippen molar-refractivity contribution in [2.75, 3.05) is 0 Å². The average Bonchev–Trinajstić information content (AvgIpc) is 2.61. The highest BCUT2D eigenvalue weighted by Crippen LogP contribution is 2.51. The van der Waals surface area contributed by atoms with Crippen LogP contribution in [0.1, 0.15) is 17.7 Å². The fourth-order valence-corrected chi connectivity index (χ4v) is 3.75. The van der Waals surface area contributed by atoms with Crippen LogP contribution in [-0.4, -0.2) is 4.45 Å². The topological polar surface area (TPSA) is 17.1 Å². The van der Waals surface area contributed by atoms with Gasteiger partial charge in [0.1, 0.15) is 0 Å². The van der Waals surface area contributed by atoms with Gasteiger partial charge in [0.2, 0.25) is 0 Å². The molecule has 1 aliphatic heterocycles. The third-order valence-electron chi connectivity index (χ3n) is 2.06. The highest BCUT2D eigenvalue weighted by Gasteiger charge is 2.29. The van der Waals surface area contributed by atoms with E-state index in [1.165, 1.54) is 29.1 Å². The van der Waals surface area contributed by atoms with Crippen molar-refractivity contribution in [3.05, 3.63) is 46.9 Å². The fourth-order valence-electron chi connectivity index (χ4n) is 1.40. The van der Waals surface area contributed by atoms with Gasteiger partial charge in [-0.05, 0) is 24.2 Å². The van der Waals surface area contributed by atoms with Crippen molar-refractivity contribution in [1.82, 2.24) is 0 Å². The van der Waals surface area contributed by atoms with Crippen LogP contribution in [-0.2, 0) is 0 Å². The molecule has 1 unspecified atom stereocenters. The number of benzene rings is 1. The third kappa shape index (κ3) is 1.88. The van der Waals surface area contributed by atoms with Crippen molar-refractivity contribution in [3.8, 4) is 0 Å². The van der Waals surface area contributed by atoms with Crippen LogP contribution in [0.3, 0.4) is 0 Å². The van der Waals surface area contributed by atoms with Gasteiger partial charge in [-0.25, -0.2) is 0 Å². The molecule has 0 N–H and O–H groups in total. The van der Waals surface area contributed by atoms with Gasteiger partial charge in [-0.3, -0.25) is 4.79 Å². The van der Waals surface area contributed by atoms with Crippen LogP contribution in [0, 0.1) is 0 Å². The minimum atomic E-state index is 0.201.